The van der Waals surface area contributed by atoms with Crippen molar-refractivity contribution in [2.24, 2.45) is 0 Å². The van der Waals surface area contributed by atoms with Crippen LogP contribution in [0.4, 0.5) is 5.69 Å². The number of benzene rings is 1. The summed E-state index contributed by atoms with van der Waals surface area (Å²) in [5.74, 6) is 0. The molecule has 0 amide bonds. The number of carbonyl (C=O) groups is 1. The van der Waals surface area contributed by atoms with Crippen LogP contribution in [0.2, 0.25) is 10.0 Å². The lowest BCUT2D eigenvalue weighted by Crippen LogP contribution is -1.99. The second kappa shape index (κ2) is 4.13. The van der Waals surface area contributed by atoms with Crippen molar-refractivity contribution < 1.29 is 9.72 Å². The second-order valence-electron chi connectivity index (χ2n) is 2.31. The third kappa shape index (κ3) is 2.15. The Morgan fingerprint density at radius 1 is 1.36 bits per heavy atom. The predicted molar refractivity (Wildman–Crippen MR) is 53.3 cm³/mol. The number of rotatable bonds is 2. The molecule has 0 spiro atoms. The zero-order valence-corrected chi connectivity index (χ0v) is 8.73. The molecule has 0 bridgehead atoms. The highest BCUT2D eigenvalue weighted by Crippen LogP contribution is 2.32. The van der Waals surface area contributed by atoms with Gasteiger partial charge in [0.2, 0.25) is 0 Å². The largest absolute Gasteiger partial charge is 0.300 e. The molecule has 7 heteroatoms. The summed E-state index contributed by atoms with van der Waals surface area (Å²) in [6, 6.07) is 2.27. The Morgan fingerprint density at radius 3 is 2.36 bits per heavy atom. The summed E-state index contributed by atoms with van der Waals surface area (Å²) < 4.78 is 0. The van der Waals surface area contributed by atoms with E-state index in [0.717, 1.165) is 6.07 Å². The first-order chi connectivity index (χ1) is 6.43. The van der Waals surface area contributed by atoms with E-state index in [1.54, 1.807) is 0 Å². The number of nitro benzene ring substituents is 1. The van der Waals surface area contributed by atoms with E-state index in [1.165, 1.54) is 6.07 Å². The van der Waals surface area contributed by atoms with Crippen molar-refractivity contribution in [2.75, 3.05) is 0 Å². The van der Waals surface area contributed by atoms with Crippen LogP contribution in [0.3, 0.4) is 0 Å². The smallest absolute Gasteiger partial charge is 0.275 e. The van der Waals surface area contributed by atoms with Crippen molar-refractivity contribution in [1.82, 2.24) is 0 Å². The summed E-state index contributed by atoms with van der Waals surface area (Å²) in [5.41, 5.74) is -0.842. The van der Waals surface area contributed by atoms with E-state index < -0.39 is 15.9 Å². The van der Waals surface area contributed by atoms with Crippen LogP contribution in [0.1, 0.15) is 10.4 Å². The minimum absolute atomic E-state index is 0.115. The minimum atomic E-state index is -0.971. The maximum absolute atomic E-state index is 10.8. The summed E-state index contributed by atoms with van der Waals surface area (Å²) in [7, 11) is 0. The van der Waals surface area contributed by atoms with E-state index in [1.807, 2.05) is 0 Å². The van der Waals surface area contributed by atoms with Crippen LogP contribution in [0.15, 0.2) is 12.1 Å². The average molecular weight is 254 g/mol. The number of hydrogen-bond donors (Lipinski definition) is 0. The molecule has 0 aliphatic heterocycles. The van der Waals surface area contributed by atoms with E-state index >= 15 is 0 Å². The number of hydrogen-bond acceptors (Lipinski definition) is 3. The number of halogens is 3. The first-order valence-electron chi connectivity index (χ1n) is 3.26. The Hall–Kier alpha value is -0.840. The van der Waals surface area contributed by atoms with Gasteiger partial charge in [0, 0.05) is 5.02 Å². The predicted octanol–water partition coefficient (Wildman–Crippen LogP) is 3.28. The van der Waals surface area contributed by atoms with Gasteiger partial charge in [-0.25, -0.2) is 0 Å². The van der Waals surface area contributed by atoms with E-state index in [2.05, 4.69) is 0 Å². The molecule has 0 aliphatic carbocycles. The third-order valence-corrected chi connectivity index (χ3v) is 2.13. The fraction of sp³-hybridized carbons (Fsp3) is 0. The molecule has 1 rings (SSSR count). The van der Waals surface area contributed by atoms with Crippen LogP contribution in [-0.4, -0.2) is 10.2 Å². The molecule has 0 radical (unpaired) electrons. The summed E-state index contributed by atoms with van der Waals surface area (Å²) in [6.45, 7) is 0. The average Bonchev–Trinajstić information content (AvgIpc) is 2.01. The maximum Gasteiger partial charge on any atom is 0.300 e. The molecule has 0 unspecified atom stereocenters. The topological polar surface area (TPSA) is 60.2 Å². The van der Waals surface area contributed by atoms with E-state index in [-0.39, 0.29) is 15.6 Å². The Bertz CT molecular complexity index is 419. The molecule has 0 aliphatic rings. The summed E-state index contributed by atoms with van der Waals surface area (Å²) in [6.07, 6.45) is 0. The lowest BCUT2D eigenvalue weighted by Gasteiger charge is -2.00. The Morgan fingerprint density at radius 2 is 1.93 bits per heavy atom. The van der Waals surface area contributed by atoms with Crippen LogP contribution in [-0.2, 0) is 0 Å². The normalized spacial score (nSPS) is 9.93. The number of nitro groups is 1. The summed E-state index contributed by atoms with van der Waals surface area (Å²) in [4.78, 5) is 20.6. The Labute approximate surface area is 93.5 Å². The van der Waals surface area contributed by atoms with Crippen LogP contribution in [0.25, 0.3) is 0 Å². The van der Waals surface area contributed by atoms with Crippen molar-refractivity contribution >= 4 is 45.7 Å². The van der Waals surface area contributed by atoms with Crippen LogP contribution in [0, 0.1) is 10.1 Å². The van der Waals surface area contributed by atoms with Crippen molar-refractivity contribution in [2.45, 2.75) is 0 Å². The van der Waals surface area contributed by atoms with Crippen LogP contribution in [0.5, 0.6) is 0 Å². The van der Waals surface area contributed by atoms with Gasteiger partial charge in [0.15, 0.2) is 0 Å². The molecule has 0 saturated heterocycles. The van der Waals surface area contributed by atoms with Gasteiger partial charge in [0.25, 0.3) is 10.9 Å². The van der Waals surface area contributed by atoms with Gasteiger partial charge in [-0.1, -0.05) is 23.2 Å². The van der Waals surface area contributed by atoms with Crippen LogP contribution >= 0.6 is 34.8 Å². The molecule has 0 aromatic heterocycles. The first-order valence-corrected chi connectivity index (χ1v) is 4.40. The van der Waals surface area contributed by atoms with E-state index in [0.29, 0.717) is 0 Å². The van der Waals surface area contributed by atoms with Crippen LogP contribution < -0.4 is 0 Å². The summed E-state index contributed by atoms with van der Waals surface area (Å²) >= 11 is 16.2. The van der Waals surface area contributed by atoms with Gasteiger partial charge in [0.05, 0.1) is 4.92 Å². The van der Waals surface area contributed by atoms with Gasteiger partial charge in [-0.05, 0) is 23.7 Å². The first kappa shape index (κ1) is 11.2. The molecule has 0 N–H and O–H groups in total. The highest BCUT2D eigenvalue weighted by Gasteiger charge is 2.23. The number of carbonyl (C=O) groups excluding carboxylic acids is 1. The minimum Gasteiger partial charge on any atom is -0.275 e. The van der Waals surface area contributed by atoms with E-state index in [9.17, 15) is 14.9 Å². The van der Waals surface area contributed by atoms with Gasteiger partial charge >= 0.3 is 0 Å². The fourth-order valence-electron chi connectivity index (χ4n) is 0.901. The van der Waals surface area contributed by atoms with Crippen molar-refractivity contribution in [1.29, 1.82) is 0 Å². The van der Waals surface area contributed by atoms with Gasteiger partial charge in [-0.3, -0.25) is 14.9 Å². The second-order valence-corrected chi connectivity index (χ2v) is 3.50. The fourth-order valence-corrected chi connectivity index (χ4v) is 1.61. The molecule has 0 atom stereocenters. The van der Waals surface area contributed by atoms with Crippen molar-refractivity contribution in [3.8, 4) is 0 Å². The quantitative estimate of drug-likeness (QED) is 0.462. The molecule has 0 saturated carbocycles. The molecular weight excluding hydrogens is 252 g/mol. The Kier molecular flexibility index (Phi) is 3.31. The van der Waals surface area contributed by atoms with Gasteiger partial charge in [0.1, 0.15) is 10.6 Å². The van der Waals surface area contributed by atoms with Gasteiger partial charge in [-0.15, -0.1) is 0 Å². The monoisotopic (exact) mass is 253 g/mol. The SMILES string of the molecule is O=C(Cl)c1cc(Cl)cc(Cl)c1[N+](=O)[O-]. The van der Waals surface area contributed by atoms with Crippen molar-refractivity contribution in [3.05, 3.63) is 37.9 Å². The summed E-state index contributed by atoms with van der Waals surface area (Å²) in [5, 5.41) is 9.45. The highest BCUT2D eigenvalue weighted by molar-refractivity contribution is 6.68. The standard InChI is InChI=1S/C7H2Cl3NO3/c8-3-1-4(7(10)12)6(11(13)14)5(9)2-3/h1-2H. The number of nitrogens with zero attached hydrogens (tertiary/aromatic N) is 1. The maximum atomic E-state index is 10.8. The van der Waals surface area contributed by atoms with Crippen molar-refractivity contribution in [3.63, 3.8) is 0 Å². The lowest BCUT2D eigenvalue weighted by molar-refractivity contribution is -0.384. The molecule has 0 heterocycles. The molecule has 1 aromatic rings. The highest BCUT2D eigenvalue weighted by atomic mass is 35.5. The molecule has 0 fully saturated rings. The van der Waals surface area contributed by atoms with Gasteiger partial charge < -0.3 is 0 Å². The molecule has 14 heavy (non-hydrogen) atoms. The lowest BCUT2D eigenvalue weighted by atomic mass is 10.2. The third-order valence-electron chi connectivity index (χ3n) is 1.42. The molecule has 4 nitrogen and oxygen atoms in total. The zero-order valence-electron chi connectivity index (χ0n) is 6.46. The molecule has 1 aromatic carbocycles. The van der Waals surface area contributed by atoms with Gasteiger partial charge in [-0.2, -0.15) is 0 Å². The Balaban J connectivity index is 3.52. The zero-order chi connectivity index (χ0) is 10.9. The molecule has 74 valence electrons. The molecular formula is C7H2Cl3NO3. The van der Waals surface area contributed by atoms with E-state index in [4.69, 9.17) is 34.8 Å².